The number of ether oxygens (including phenoxy) is 1. The number of benzene rings is 1. The highest BCUT2D eigenvalue weighted by Crippen LogP contribution is 2.12. The van der Waals surface area contributed by atoms with Crippen LogP contribution in [0.3, 0.4) is 0 Å². The molecule has 1 unspecified atom stereocenters. The molecule has 1 N–H and O–H groups in total. The zero-order valence-electron chi connectivity index (χ0n) is 11.6. The van der Waals surface area contributed by atoms with Gasteiger partial charge in [0.25, 0.3) is 0 Å². The molecule has 0 spiro atoms. The van der Waals surface area contributed by atoms with Crippen LogP contribution in [0.15, 0.2) is 24.3 Å². The van der Waals surface area contributed by atoms with Gasteiger partial charge in [-0.15, -0.1) is 11.6 Å². The van der Waals surface area contributed by atoms with Crippen molar-refractivity contribution in [1.29, 1.82) is 0 Å². The Morgan fingerprint density at radius 1 is 1.37 bits per heavy atom. The molecule has 106 valence electrons. The van der Waals surface area contributed by atoms with Crippen LogP contribution >= 0.6 is 11.6 Å². The van der Waals surface area contributed by atoms with Gasteiger partial charge < -0.3 is 10.1 Å². The fraction of sp³-hybridized carbons (Fsp3) is 0.533. The Morgan fingerprint density at radius 3 is 2.63 bits per heavy atom. The Balaban J connectivity index is 2.28. The van der Waals surface area contributed by atoms with Crippen molar-refractivity contribution < 1.29 is 9.53 Å². The highest BCUT2D eigenvalue weighted by Gasteiger charge is 2.07. The number of carbonyl (C=O) groups is 1. The van der Waals surface area contributed by atoms with E-state index in [-0.39, 0.29) is 11.9 Å². The lowest BCUT2D eigenvalue weighted by Gasteiger charge is -2.13. The SMILES string of the molecule is COc1ccc(CCC(=O)NC(C)CCCCl)cc1. The molecule has 1 atom stereocenters. The van der Waals surface area contributed by atoms with Gasteiger partial charge in [0.05, 0.1) is 7.11 Å². The Bertz CT molecular complexity index is 378. The zero-order chi connectivity index (χ0) is 14.1. The lowest BCUT2D eigenvalue weighted by atomic mass is 10.1. The van der Waals surface area contributed by atoms with Crippen LogP contribution in [0.2, 0.25) is 0 Å². The molecule has 1 aromatic rings. The van der Waals surface area contributed by atoms with Gasteiger partial charge in [-0.2, -0.15) is 0 Å². The first-order chi connectivity index (χ1) is 9.15. The van der Waals surface area contributed by atoms with Gasteiger partial charge in [-0.1, -0.05) is 12.1 Å². The summed E-state index contributed by atoms with van der Waals surface area (Å²) >= 11 is 5.63. The molecule has 0 radical (unpaired) electrons. The van der Waals surface area contributed by atoms with Crippen LogP contribution in [-0.2, 0) is 11.2 Å². The van der Waals surface area contributed by atoms with Gasteiger partial charge in [0.15, 0.2) is 0 Å². The summed E-state index contributed by atoms with van der Waals surface area (Å²) in [6, 6.07) is 8.00. The molecule has 0 aliphatic rings. The molecule has 1 rings (SSSR count). The first-order valence-electron chi connectivity index (χ1n) is 6.64. The third-order valence-corrected chi connectivity index (χ3v) is 3.25. The Morgan fingerprint density at radius 2 is 2.05 bits per heavy atom. The molecule has 0 bridgehead atoms. The smallest absolute Gasteiger partial charge is 0.220 e. The first-order valence-corrected chi connectivity index (χ1v) is 7.17. The van der Waals surface area contributed by atoms with E-state index in [1.807, 2.05) is 31.2 Å². The molecule has 0 aliphatic heterocycles. The van der Waals surface area contributed by atoms with Crippen LogP contribution in [0.1, 0.15) is 31.7 Å². The minimum Gasteiger partial charge on any atom is -0.497 e. The van der Waals surface area contributed by atoms with Gasteiger partial charge in [-0.05, 0) is 43.9 Å². The van der Waals surface area contributed by atoms with Gasteiger partial charge >= 0.3 is 0 Å². The minimum atomic E-state index is 0.0953. The summed E-state index contributed by atoms with van der Waals surface area (Å²) in [7, 11) is 1.64. The van der Waals surface area contributed by atoms with E-state index in [1.54, 1.807) is 7.11 Å². The average Bonchev–Trinajstić information content (AvgIpc) is 2.43. The van der Waals surface area contributed by atoms with Crippen molar-refractivity contribution in [3.63, 3.8) is 0 Å². The normalized spacial score (nSPS) is 11.9. The van der Waals surface area contributed by atoms with Crippen molar-refractivity contribution in [2.24, 2.45) is 0 Å². The maximum atomic E-state index is 11.7. The molecule has 1 amide bonds. The summed E-state index contributed by atoms with van der Waals surface area (Å²) in [4.78, 5) is 11.7. The number of methoxy groups -OCH3 is 1. The average molecular weight is 284 g/mol. The monoisotopic (exact) mass is 283 g/mol. The van der Waals surface area contributed by atoms with E-state index in [9.17, 15) is 4.79 Å². The largest absolute Gasteiger partial charge is 0.497 e. The quantitative estimate of drug-likeness (QED) is 0.744. The first kappa shape index (κ1) is 15.8. The van der Waals surface area contributed by atoms with E-state index in [1.165, 1.54) is 0 Å². The number of rotatable bonds is 8. The Kier molecular flexibility index (Phi) is 7.34. The zero-order valence-corrected chi connectivity index (χ0v) is 12.4. The summed E-state index contributed by atoms with van der Waals surface area (Å²) < 4.78 is 5.09. The van der Waals surface area contributed by atoms with E-state index in [0.29, 0.717) is 12.3 Å². The Labute approximate surface area is 120 Å². The van der Waals surface area contributed by atoms with Gasteiger partial charge in [0, 0.05) is 18.3 Å². The van der Waals surface area contributed by atoms with Crippen molar-refractivity contribution in [1.82, 2.24) is 5.32 Å². The molecule has 0 saturated heterocycles. The van der Waals surface area contributed by atoms with Crippen LogP contribution in [-0.4, -0.2) is 24.9 Å². The second-order valence-corrected chi connectivity index (χ2v) is 5.03. The van der Waals surface area contributed by atoms with Crippen molar-refractivity contribution in [3.8, 4) is 5.75 Å². The maximum Gasteiger partial charge on any atom is 0.220 e. The predicted octanol–water partition coefficient (Wildman–Crippen LogP) is 3.15. The van der Waals surface area contributed by atoms with Crippen molar-refractivity contribution >= 4 is 17.5 Å². The van der Waals surface area contributed by atoms with Gasteiger partial charge in [0.2, 0.25) is 5.91 Å². The third kappa shape index (κ3) is 6.48. The molecule has 0 heterocycles. The van der Waals surface area contributed by atoms with Crippen LogP contribution in [0.25, 0.3) is 0 Å². The number of carbonyl (C=O) groups excluding carboxylic acids is 1. The maximum absolute atomic E-state index is 11.7. The lowest BCUT2D eigenvalue weighted by Crippen LogP contribution is -2.32. The summed E-state index contributed by atoms with van der Waals surface area (Å²) in [5.74, 6) is 1.58. The molecule has 4 heteroatoms. The van der Waals surface area contributed by atoms with Crippen LogP contribution in [0.5, 0.6) is 5.75 Å². The number of aryl methyl sites for hydroxylation is 1. The number of amides is 1. The van der Waals surface area contributed by atoms with E-state index in [0.717, 1.165) is 30.6 Å². The lowest BCUT2D eigenvalue weighted by molar-refractivity contribution is -0.121. The van der Waals surface area contributed by atoms with E-state index in [2.05, 4.69) is 5.32 Å². The minimum absolute atomic E-state index is 0.0953. The molecule has 0 fully saturated rings. The number of hydrogen-bond acceptors (Lipinski definition) is 2. The predicted molar refractivity (Wildman–Crippen MR) is 78.9 cm³/mol. The van der Waals surface area contributed by atoms with Crippen LogP contribution in [0, 0.1) is 0 Å². The van der Waals surface area contributed by atoms with Crippen molar-refractivity contribution in [2.45, 2.75) is 38.6 Å². The molecule has 1 aromatic carbocycles. The molecule has 0 aliphatic carbocycles. The molecule has 3 nitrogen and oxygen atoms in total. The highest BCUT2D eigenvalue weighted by atomic mass is 35.5. The number of nitrogens with one attached hydrogen (secondary N) is 1. The fourth-order valence-corrected chi connectivity index (χ4v) is 2.01. The standard InChI is InChI=1S/C15H22ClNO2/c1-12(4-3-11-16)17-15(18)10-7-13-5-8-14(19-2)9-6-13/h5-6,8-9,12H,3-4,7,10-11H2,1-2H3,(H,17,18). The summed E-state index contributed by atoms with van der Waals surface area (Å²) in [5, 5.41) is 2.99. The van der Waals surface area contributed by atoms with Crippen molar-refractivity contribution in [2.75, 3.05) is 13.0 Å². The molecule has 19 heavy (non-hydrogen) atoms. The molecular weight excluding hydrogens is 262 g/mol. The second kappa shape index (κ2) is 8.81. The number of halogens is 1. The van der Waals surface area contributed by atoms with Gasteiger partial charge in [-0.25, -0.2) is 0 Å². The summed E-state index contributed by atoms with van der Waals surface area (Å²) in [5.41, 5.74) is 1.14. The second-order valence-electron chi connectivity index (χ2n) is 4.65. The Hall–Kier alpha value is -1.22. The number of hydrogen-bond donors (Lipinski definition) is 1. The summed E-state index contributed by atoms with van der Waals surface area (Å²) in [6.07, 6.45) is 3.12. The van der Waals surface area contributed by atoms with Gasteiger partial charge in [0.1, 0.15) is 5.75 Å². The molecule has 0 aromatic heterocycles. The van der Waals surface area contributed by atoms with Crippen LogP contribution in [0.4, 0.5) is 0 Å². The molecule has 0 saturated carbocycles. The van der Waals surface area contributed by atoms with E-state index in [4.69, 9.17) is 16.3 Å². The van der Waals surface area contributed by atoms with E-state index >= 15 is 0 Å². The van der Waals surface area contributed by atoms with Gasteiger partial charge in [-0.3, -0.25) is 4.79 Å². The van der Waals surface area contributed by atoms with Crippen LogP contribution < -0.4 is 10.1 Å². The fourth-order valence-electron chi connectivity index (χ4n) is 1.85. The molecular formula is C15H22ClNO2. The topological polar surface area (TPSA) is 38.3 Å². The number of alkyl halides is 1. The van der Waals surface area contributed by atoms with E-state index < -0.39 is 0 Å². The summed E-state index contributed by atoms with van der Waals surface area (Å²) in [6.45, 7) is 2.01. The highest BCUT2D eigenvalue weighted by molar-refractivity contribution is 6.17. The third-order valence-electron chi connectivity index (χ3n) is 2.98. The van der Waals surface area contributed by atoms with Crippen molar-refractivity contribution in [3.05, 3.63) is 29.8 Å².